The maximum absolute atomic E-state index is 13.5. The molecule has 2 rings (SSSR count). The average molecular weight is 303 g/mol. The van der Waals surface area contributed by atoms with Crippen molar-refractivity contribution in [3.63, 3.8) is 0 Å². The molecule has 0 saturated carbocycles. The van der Waals surface area contributed by atoms with Gasteiger partial charge in [0.2, 0.25) is 0 Å². The molecule has 0 aliphatic carbocycles. The Morgan fingerprint density at radius 2 is 2.37 bits per heavy atom. The van der Waals surface area contributed by atoms with Crippen LogP contribution in [0.1, 0.15) is 5.56 Å². The third-order valence-electron chi connectivity index (χ3n) is 3.72. The Hall–Kier alpha value is -0.290. The van der Waals surface area contributed by atoms with Crippen molar-refractivity contribution in [2.45, 2.75) is 18.5 Å². The summed E-state index contributed by atoms with van der Waals surface area (Å²) in [6.45, 7) is 1.11. The third kappa shape index (κ3) is 3.85. The van der Waals surface area contributed by atoms with Crippen molar-refractivity contribution in [1.82, 2.24) is 10.2 Å². The highest BCUT2D eigenvalue weighted by atomic mass is 35.5. The van der Waals surface area contributed by atoms with Gasteiger partial charge in [0, 0.05) is 30.1 Å². The molecule has 0 aromatic heterocycles. The zero-order chi connectivity index (χ0) is 13.8. The van der Waals surface area contributed by atoms with Crippen LogP contribution in [0.3, 0.4) is 0 Å². The molecule has 2 unspecified atom stereocenters. The van der Waals surface area contributed by atoms with Crippen LogP contribution in [-0.4, -0.2) is 49.1 Å². The SMILES string of the molecule is CNC(Cc1ccc(Cl)c(F)c1)C1CSCCN1C. The highest BCUT2D eigenvalue weighted by Gasteiger charge is 2.27. The lowest BCUT2D eigenvalue weighted by atomic mass is 9.99. The zero-order valence-electron chi connectivity index (χ0n) is 11.3. The standard InChI is InChI=1S/C14H20ClFN2S/c1-17-13(14-9-19-6-5-18(14)2)8-10-3-4-11(15)12(16)7-10/h3-4,7,13-14,17H,5-6,8-9H2,1-2H3. The van der Waals surface area contributed by atoms with E-state index in [-0.39, 0.29) is 10.8 Å². The third-order valence-corrected chi connectivity index (χ3v) is 5.07. The lowest BCUT2D eigenvalue weighted by Gasteiger charge is -2.37. The highest BCUT2D eigenvalue weighted by Crippen LogP contribution is 2.21. The molecule has 0 radical (unpaired) electrons. The quantitative estimate of drug-likeness (QED) is 0.920. The fraction of sp³-hybridized carbons (Fsp3) is 0.571. The fourth-order valence-electron chi connectivity index (χ4n) is 2.48. The number of benzene rings is 1. The molecule has 19 heavy (non-hydrogen) atoms. The van der Waals surface area contributed by atoms with Crippen LogP contribution in [0.15, 0.2) is 18.2 Å². The molecular formula is C14H20ClFN2S. The minimum Gasteiger partial charge on any atom is -0.315 e. The zero-order valence-corrected chi connectivity index (χ0v) is 12.9. The van der Waals surface area contributed by atoms with Gasteiger partial charge in [0.15, 0.2) is 0 Å². The van der Waals surface area contributed by atoms with E-state index in [9.17, 15) is 4.39 Å². The van der Waals surface area contributed by atoms with Gasteiger partial charge in [-0.15, -0.1) is 0 Å². The van der Waals surface area contributed by atoms with Gasteiger partial charge in [-0.3, -0.25) is 0 Å². The number of likely N-dealkylation sites (N-methyl/N-ethyl adjacent to an activating group) is 2. The largest absolute Gasteiger partial charge is 0.315 e. The van der Waals surface area contributed by atoms with Crippen LogP contribution < -0.4 is 5.32 Å². The van der Waals surface area contributed by atoms with Crippen LogP contribution in [0, 0.1) is 5.82 Å². The van der Waals surface area contributed by atoms with Gasteiger partial charge < -0.3 is 10.2 Å². The monoisotopic (exact) mass is 302 g/mol. The summed E-state index contributed by atoms with van der Waals surface area (Å²) in [5.41, 5.74) is 0.991. The lowest BCUT2D eigenvalue weighted by Crippen LogP contribution is -2.52. The van der Waals surface area contributed by atoms with Crippen molar-refractivity contribution in [3.05, 3.63) is 34.6 Å². The molecule has 0 amide bonds. The van der Waals surface area contributed by atoms with Gasteiger partial charge in [0.25, 0.3) is 0 Å². The van der Waals surface area contributed by atoms with Crippen molar-refractivity contribution < 1.29 is 4.39 Å². The summed E-state index contributed by atoms with van der Waals surface area (Å²) in [7, 11) is 4.14. The Balaban J connectivity index is 2.07. The Kier molecular flexibility index (Phi) is 5.51. The summed E-state index contributed by atoms with van der Waals surface area (Å²) in [5.74, 6) is 1.98. The van der Waals surface area contributed by atoms with E-state index >= 15 is 0 Å². The van der Waals surface area contributed by atoms with E-state index in [2.05, 4.69) is 17.3 Å². The van der Waals surface area contributed by atoms with E-state index in [4.69, 9.17) is 11.6 Å². The minimum atomic E-state index is -0.333. The Bertz CT molecular complexity index is 430. The number of thioether (sulfide) groups is 1. The van der Waals surface area contributed by atoms with E-state index in [1.807, 2.05) is 24.9 Å². The van der Waals surface area contributed by atoms with Gasteiger partial charge in [-0.2, -0.15) is 11.8 Å². The second-order valence-corrected chi connectivity index (χ2v) is 6.53. The van der Waals surface area contributed by atoms with Crippen LogP contribution in [0.4, 0.5) is 4.39 Å². The summed E-state index contributed by atoms with van der Waals surface area (Å²) in [4.78, 5) is 2.39. The van der Waals surface area contributed by atoms with Crippen molar-refractivity contribution in [2.24, 2.45) is 0 Å². The molecule has 1 fully saturated rings. The molecule has 0 bridgehead atoms. The number of nitrogens with zero attached hydrogens (tertiary/aromatic N) is 1. The molecule has 1 N–H and O–H groups in total. The van der Waals surface area contributed by atoms with Crippen LogP contribution >= 0.6 is 23.4 Å². The van der Waals surface area contributed by atoms with E-state index < -0.39 is 0 Å². The number of hydrogen-bond donors (Lipinski definition) is 1. The molecule has 2 nitrogen and oxygen atoms in total. The highest BCUT2D eigenvalue weighted by molar-refractivity contribution is 7.99. The molecule has 1 aliphatic heterocycles. The maximum atomic E-state index is 13.5. The van der Waals surface area contributed by atoms with Crippen molar-refractivity contribution in [3.8, 4) is 0 Å². The maximum Gasteiger partial charge on any atom is 0.142 e. The van der Waals surface area contributed by atoms with Gasteiger partial charge in [-0.25, -0.2) is 4.39 Å². The second-order valence-electron chi connectivity index (χ2n) is 4.97. The van der Waals surface area contributed by atoms with E-state index in [1.54, 1.807) is 12.1 Å². The molecule has 1 aromatic rings. The van der Waals surface area contributed by atoms with E-state index in [1.165, 1.54) is 5.75 Å². The van der Waals surface area contributed by atoms with Gasteiger partial charge in [0.1, 0.15) is 5.82 Å². The van der Waals surface area contributed by atoms with Crippen LogP contribution in [0.25, 0.3) is 0 Å². The number of rotatable bonds is 4. The molecule has 1 aliphatic rings. The van der Waals surface area contributed by atoms with E-state index in [0.29, 0.717) is 12.1 Å². The molecule has 0 spiro atoms. The molecule has 106 valence electrons. The fourth-order valence-corrected chi connectivity index (χ4v) is 3.91. The summed E-state index contributed by atoms with van der Waals surface area (Å²) >= 11 is 7.71. The smallest absolute Gasteiger partial charge is 0.142 e. The van der Waals surface area contributed by atoms with Crippen molar-refractivity contribution in [1.29, 1.82) is 0 Å². The van der Waals surface area contributed by atoms with Gasteiger partial charge in [-0.05, 0) is 38.2 Å². The van der Waals surface area contributed by atoms with Crippen LogP contribution in [0.5, 0.6) is 0 Å². The molecule has 1 saturated heterocycles. The summed E-state index contributed by atoms with van der Waals surface area (Å²) < 4.78 is 13.5. The number of nitrogens with one attached hydrogen (secondary N) is 1. The second kappa shape index (κ2) is 6.93. The number of hydrogen-bond acceptors (Lipinski definition) is 3. The Labute approximate surface area is 123 Å². The van der Waals surface area contributed by atoms with Crippen LogP contribution in [0.2, 0.25) is 5.02 Å². The molecule has 5 heteroatoms. The molecular weight excluding hydrogens is 283 g/mol. The Morgan fingerprint density at radius 3 is 3.00 bits per heavy atom. The van der Waals surface area contributed by atoms with Crippen LogP contribution in [-0.2, 0) is 6.42 Å². The molecule has 1 aromatic carbocycles. The minimum absolute atomic E-state index is 0.190. The predicted molar refractivity (Wildman–Crippen MR) is 81.7 cm³/mol. The van der Waals surface area contributed by atoms with Gasteiger partial charge in [0.05, 0.1) is 5.02 Å². The summed E-state index contributed by atoms with van der Waals surface area (Å²) in [6, 6.07) is 5.91. The van der Waals surface area contributed by atoms with Crippen molar-refractivity contribution in [2.75, 3.05) is 32.1 Å². The first kappa shape index (κ1) is 15.1. The first-order chi connectivity index (χ1) is 9.11. The molecule has 2 atom stereocenters. The summed E-state index contributed by atoms with van der Waals surface area (Å²) in [6.07, 6.45) is 0.820. The summed E-state index contributed by atoms with van der Waals surface area (Å²) in [5, 5.41) is 3.56. The predicted octanol–water partition coefficient (Wildman–Crippen LogP) is 2.66. The topological polar surface area (TPSA) is 15.3 Å². The number of halogens is 2. The first-order valence-electron chi connectivity index (χ1n) is 6.51. The van der Waals surface area contributed by atoms with E-state index in [0.717, 1.165) is 24.3 Å². The Morgan fingerprint density at radius 1 is 1.58 bits per heavy atom. The molecule has 1 heterocycles. The first-order valence-corrected chi connectivity index (χ1v) is 8.04. The average Bonchev–Trinajstić information content (AvgIpc) is 2.41. The lowest BCUT2D eigenvalue weighted by molar-refractivity contribution is 0.219. The van der Waals surface area contributed by atoms with Crippen molar-refractivity contribution >= 4 is 23.4 Å². The van der Waals surface area contributed by atoms with Gasteiger partial charge in [-0.1, -0.05) is 17.7 Å². The normalized spacial score (nSPS) is 22.4. The van der Waals surface area contributed by atoms with Gasteiger partial charge >= 0.3 is 0 Å².